The lowest BCUT2D eigenvalue weighted by Gasteiger charge is -2.04. The molecule has 96 valence electrons. The first-order valence-electron chi connectivity index (χ1n) is 4.76. The molecular formula is C9H9FN4O3S. The van der Waals surface area contributed by atoms with E-state index >= 15 is 0 Å². The lowest BCUT2D eigenvalue weighted by atomic mass is 10.3. The molecule has 2 rings (SSSR count). The fraction of sp³-hybridized carbons (Fsp3) is 0.111. The molecule has 0 radical (unpaired) electrons. The highest BCUT2D eigenvalue weighted by molar-refractivity contribution is 7.92. The maximum Gasteiger partial charge on any atom is 0.335 e. The third-order valence-corrected chi connectivity index (χ3v) is 3.35. The van der Waals surface area contributed by atoms with Crippen molar-refractivity contribution < 1.29 is 17.3 Å². The molecule has 3 N–H and O–H groups in total. The van der Waals surface area contributed by atoms with Gasteiger partial charge in [-0.05, 0) is 25.1 Å². The second-order valence-corrected chi connectivity index (χ2v) is 5.12. The highest BCUT2D eigenvalue weighted by Crippen LogP contribution is 2.18. The summed E-state index contributed by atoms with van der Waals surface area (Å²) in [6, 6.07) is 2.85. The van der Waals surface area contributed by atoms with Gasteiger partial charge >= 0.3 is 6.01 Å². The normalized spacial score (nSPS) is 11.4. The predicted molar refractivity (Wildman–Crippen MR) is 60.7 cm³/mol. The number of benzene rings is 1. The van der Waals surface area contributed by atoms with Crippen LogP contribution in [0.15, 0.2) is 27.6 Å². The van der Waals surface area contributed by atoms with Crippen LogP contribution in [-0.4, -0.2) is 18.6 Å². The van der Waals surface area contributed by atoms with Gasteiger partial charge in [-0.1, -0.05) is 5.16 Å². The van der Waals surface area contributed by atoms with Crippen LogP contribution in [0.4, 0.5) is 16.1 Å². The highest BCUT2D eigenvalue weighted by Gasteiger charge is 2.18. The second kappa shape index (κ2) is 4.26. The molecule has 7 nitrogen and oxygen atoms in total. The molecule has 0 spiro atoms. The number of anilines is 2. The Hall–Kier alpha value is -2.16. The Morgan fingerprint density at radius 2 is 2.17 bits per heavy atom. The van der Waals surface area contributed by atoms with Crippen LogP contribution >= 0.6 is 0 Å². The number of nitrogens with two attached hydrogens (primary N) is 1. The molecule has 18 heavy (non-hydrogen) atoms. The molecule has 0 unspecified atom stereocenters. The van der Waals surface area contributed by atoms with E-state index < -0.39 is 15.8 Å². The molecule has 0 fully saturated rings. The van der Waals surface area contributed by atoms with E-state index in [-0.39, 0.29) is 22.4 Å². The Bertz CT molecular complexity index is 683. The number of nitrogens with zero attached hydrogens (tertiary/aromatic N) is 2. The van der Waals surface area contributed by atoms with Crippen molar-refractivity contribution in [1.29, 1.82) is 0 Å². The number of aryl methyl sites for hydroxylation is 1. The Labute approximate surface area is 102 Å². The Morgan fingerprint density at radius 1 is 1.44 bits per heavy atom. The fourth-order valence-electron chi connectivity index (χ4n) is 1.19. The van der Waals surface area contributed by atoms with Gasteiger partial charge in [0.15, 0.2) is 5.82 Å². The van der Waals surface area contributed by atoms with Gasteiger partial charge in [-0.3, -0.25) is 0 Å². The zero-order valence-corrected chi connectivity index (χ0v) is 10.0. The van der Waals surface area contributed by atoms with Gasteiger partial charge in [-0.2, -0.15) is 4.98 Å². The largest absolute Gasteiger partial charge is 0.396 e. The maximum absolute atomic E-state index is 13.2. The summed E-state index contributed by atoms with van der Waals surface area (Å²) < 4.78 is 43.5. The smallest absolute Gasteiger partial charge is 0.335 e. The summed E-state index contributed by atoms with van der Waals surface area (Å²) in [6.45, 7) is 1.53. The summed E-state index contributed by atoms with van der Waals surface area (Å²) in [5, 5.41) is 3.42. The van der Waals surface area contributed by atoms with Gasteiger partial charge in [0.1, 0.15) is 5.82 Å². The lowest BCUT2D eigenvalue weighted by Crippen LogP contribution is -2.13. The minimum absolute atomic E-state index is 0.136. The van der Waals surface area contributed by atoms with Gasteiger partial charge in [0.05, 0.1) is 10.6 Å². The van der Waals surface area contributed by atoms with Crippen molar-refractivity contribution >= 4 is 21.7 Å². The molecule has 9 heteroatoms. The first kappa shape index (κ1) is 12.3. The molecule has 1 aromatic carbocycles. The van der Waals surface area contributed by atoms with Crippen LogP contribution in [0.3, 0.4) is 0 Å². The summed E-state index contributed by atoms with van der Waals surface area (Å²) in [4.78, 5) is 3.39. The number of hydrogen-bond acceptors (Lipinski definition) is 6. The molecule has 0 bridgehead atoms. The molecule has 1 aromatic heterocycles. The van der Waals surface area contributed by atoms with Gasteiger partial charge in [-0.25, -0.2) is 17.5 Å². The van der Waals surface area contributed by atoms with Gasteiger partial charge in [-0.15, -0.1) is 0 Å². The third-order valence-electron chi connectivity index (χ3n) is 2.03. The van der Waals surface area contributed by atoms with Crippen LogP contribution < -0.4 is 10.5 Å². The standard InChI is InChI=1S/C9H9FN4O3S/c1-5-12-9(17-13-5)14-18(15,16)6-2-3-8(11)7(10)4-6/h2-4H,11H2,1H3,(H,12,13,14). The number of hydrogen-bond donors (Lipinski definition) is 2. The second-order valence-electron chi connectivity index (χ2n) is 3.44. The number of halogens is 1. The molecule has 0 saturated carbocycles. The minimum Gasteiger partial charge on any atom is -0.396 e. The molecule has 0 aliphatic carbocycles. The summed E-state index contributed by atoms with van der Waals surface area (Å²) in [7, 11) is -3.98. The van der Waals surface area contributed by atoms with Crippen molar-refractivity contribution in [3.8, 4) is 0 Å². The number of rotatable bonds is 3. The van der Waals surface area contributed by atoms with E-state index in [1.807, 2.05) is 4.72 Å². The number of nitrogen functional groups attached to an aromatic ring is 1. The molecule has 2 aromatic rings. The van der Waals surface area contributed by atoms with Crippen molar-refractivity contribution in [2.45, 2.75) is 11.8 Å². The van der Waals surface area contributed by atoms with E-state index in [1.54, 1.807) is 0 Å². The van der Waals surface area contributed by atoms with E-state index in [4.69, 9.17) is 5.73 Å². The topological polar surface area (TPSA) is 111 Å². The zero-order valence-electron chi connectivity index (χ0n) is 9.21. The van der Waals surface area contributed by atoms with E-state index in [1.165, 1.54) is 13.0 Å². The molecule has 0 aliphatic rings. The Morgan fingerprint density at radius 3 is 2.72 bits per heavy atom. The molecule has 0 amide bonds. The maximum atomic E-state index is 13.2. The SMILES string of the molecule is Cc1noc(NS(=O)(=O)c2ccc(N)c(F)c2)n1. The summed E-state index contributed by atoms with van der Waals surface area (Å²) in [5.41, 5.74) is 5.12. The predicted octanol–water partition coefficient (Wildman–Crippen LogP) is 0.900. The number of nitrogens with one attached hydrogen (secondary N) is 1. The van der Waals surface area contributed by atoms with Gasteiger partial charge in [0, 0.05) is 0 Å². The van der Waals surface area contributed by atoms with E-state index in [2.05, 4.69) is 14.7 Å². The average molecular weight is 272 g/mol. The van der Waals surface area contributed by atoms with Crippen LogP contribution in [0, 0.1) is 12.7 Å². The van der Waals surface area contributed by atoms with Gasteiger partial charge in [0.25, 0.3) is 10.0 Å². The van der Waals surface area contributed by atoms with Crippen LogP contribution in [0.2, 0.25) is 0 Å². The monoisotopic (exact) mass is 272 g/mol. The van der Waals surface area contributed by atoms with E-state index in [0.29, 0.717) is 0 Å². The molecule has 1 heterocycles. The fourth-order valence-corrected chi connectivity index (χ4v) is 2.12. The summed E-state index contributed by atoms with van der Waals surface area (Å²) in [5.74, 6) is -0.546. The molecule has 0 aliphatic heterocycles. The zero-order chi connectivity index (χ0) is 13.3. The van der Waals surface area contributed by atoms with Crippen LogP contribution in [-0.2, 0) is 10.0 Å². The van der Waals surface area contributed by atoms with Crippen molar-refractivity contribution in [1.82, 2.24) is 10.1 Å². The van der Waals surface area contributed by atoms with Crippen molar-refractivity contribution in [3.05, 3.63) is 29.8 Å². The van der Waals surface area contributed by atoms with E-state index in [0.717, 1.165) is 12.1 Å². The Balaban J connectivity index is 2.33. The number of sulfonamides is 1. The first-order valence-corrected chi connectivity index (χ1v) is 6.25. The lowest BCUT2D eigenvalue weighted by molar-refractivity contribution is 0.429. The molecular weight excluding hydrogens is 263 g/mol. The van der Waals surface area contributed by atoms with Crippen molar-refractivity contribution in [3.63, 3.8) is 0 Å². The number of aromatic nitrogens is 2. The van der Waals surface area contributed by atoms with Gasteiger partial charge in [0.2, 0.25) is 0 Å². The minimum atomic E-state index is -3.98. The van der Waals surface area contributed by atoms with Crippen LogP contribution in [0.5, 0.6) is 0 Å². The average Bonchev–Trinajstić information content (AvgIpc) is 2.67. The van der Waals surface area contributed by atoms with Crippen LogP contribution in [0.25, 0.3) is 0 Å². The quantitative estimate of drug-likeness (QED) is 0.803. The van der Waals surface area contributed by atoms with E-state index in [9.17, 15) is 12.8 Å². The first-order chi connectivity index (χ1) is 8.38. The highest BCUT2D eigenvalue weighted by atomic mass is 32.2. The third kappa shape index (κ3) is 2.40. The summed E-state index contributed by atoms with van der Waals surface area (Å²) >= 11 is 0. The molecule has 0 saturated heterocycles. The van der Waals surface area contributed by atoms with Crippen LogP contribution in [0.1, 0.15) is 5.82 Å². The van der Waals surface area contributed by atoms with Crippen molar-refractivity contribution in [2.75, 3.05) is 10.5 Å². The molecule has 0 atom stereocenters. The van der Waals surface area contributed by atoms with Gasteiger partial charge < -0.3 is 10.3 Å². The summed E-state index contributed by atoms with van der Waals surface area (Å²) in [6.07, 6.45) is 0. The van der Waals surface area contributed by atoms with Crippen molar-refractivity contribution in [2.24, 2.45) is 0 Å². The Kier molecular flexibility index (Phi) is 2.91.